The molecule has 0 spiro atoms. The lowest BCUT2D eigenvalue weighted by Gasteiger charge is -2.70. The van der Waals surface area contributed by atoms with Gasteiger partial charge in [-0.3, -0.25) is 19.7 Å². The fourth-order valence-electron chi connectivity index (χ4n) is 11.4. The molecule has 1 N–H and O–H groups in total. The van der Waals surface area contributed by atoms with Crippen molar-refractivity contribution in [1.29, 1.82) is 0 Å². The maximum Gasteiger partial charge on any atom is 0.359 e. The van der Waals surface area contributed by atoms with Crippen LogP contribution in [0.2, 0.25) is 0 Å². The molecule has 246 valence electrons. The van der Waals surface area contributed by atoms with Crippen LogP contribution in [0.3, 0.4) is 0 Å². The highest BCUT2D eigenvalue weighted by atomic mass is 32.2. The van der Waals surface area contributed by atoms with Crippen LogP contribution in [0.1, 0.15) is 113 Å². The van der Waals surface area contributed by atoms with E-state index < -0.39 is 22.5 Å². The molecule has 3 unspecified atom stereocenters. The Bertz CT molecular complexity index is 1440. The molecule has 2 amide bonds. The highest BCUT2D eigenvalue weighted by Gasteiger charge is 2.69. The van der Waals surface area contributed by atoms with Crippen molar-refractivity contribution in [3.05, 3.63) is 22.6 Å². The smallest absolute Gasteiger partial charge is 0.359 e. The van der Waals surface area contributed by atoms with Crippen LogP contribution in [0.5, 0.6) is 0 Å². The average Bonchev–Trinajstić information content (AvgIpc) is 3.27. The predicted octanol–water partition coefficient (Wildman–Crippen LogP) is 7.73. The molecule has 1 heterocycles. The molecule has 0 bridgehead atoms. The summed E-state index contributed by atoms with van der Waals surface area (Å²) in [5, 5.41) is 6.02. The van der Waals surface area contributed by atoms with Gasteiger partial charge in [0.15, 0.2) is 0 Å². The Morgan fingerprint density at radius 3 is 2.36 bits per heavy atom. The van der Waals surface area contributed by atoms with E-state index in [9.17, 15) is 19.2 Å². The monoisotopic (exact) mass is 638 g/mol. The van der Waals surface area contributed by atoms with E-state index in [1.807, 2.05) is 0 Å². The third kappa shape index (κ3) is 4.71. The number of allylic oxidation sites excluding steroid dienone is 2. The quantitative estimate of drug-likeness (QED) is 0.111. The van der Waals surface area contributed by atoms with Gasteiger partial charge in [0.2, 0.25) is 0 Å². The summed E-state index contributed by atoms with van der Waals surface area (Å²) in [6, 6.07) is 0. The molecule has 45 heavy (non-hydrogen) atoms. The number of rotatable bonds is 3. The lowest BCUT2D eigenvalue weighted by molar-refractivity contribution is -0.181. The van der Waals surface area contributed by atoms with Crippen LogP contribution in [0.25, 0.3) is 0 Å². The van der Waals surface area contributed by atoms with E-state index in [2.05, 4.69) is 65.0 Å². The second-order valence-electron chi connectivity index (χ2n) is 16.9. The summed E-state index contributed by atoms with van der Waals surface area (Å²) >= 11 is 0.688. The zero-order valence-electron chi connectivity index (χ0n) is 28.3. The highest BCUT2D eigenvalue weighted by Crippen LogP contribution is 2.75. The lowest BCUT2D eigenvalue weighted by Crippen LogP contribution is -2.64. The molecule has 0 aromatic heterocycles. The van der Waals surface area contributed by atoms with Gasteiger partial charge >= 0.3 is 11.9 Å². The number of carbonyl (C=O) groups excluding carboxylic acids is 4. The van der Waals surface area contributed by atoms with Gasteiger partial charge in [-0.05, 0) is 115 Å². The summed E-state index contributed by atoms with van der Waals surface area (Å²) < 4.78 is 5.51. The number of nitrogens with zero attached hydrogens (tertiary/aromatic N) is 1. The molecule has 1 aliphatic heterocycles. The second-order valence-corrected chi connectivity index (χ2v) is 17.9. The van der Waals surface area contributed by atoms with Crippen LogP contribution in [-0.4, -0.2) is 35.9 Å². The Kier molecular flexibility index (Phi) is 7.62. The number of fused-ring (bicyclic) bond motifs is 7. The number of ether oxygens (including phenoxy) is 1. The van der Waals surface area contributed by atoms with Crippen molar-refractivity contribution >= 4 is 40.6 Å². The van der Waals surface area contributed by atoms with E-state index in [0.29, 0.717) is 23.6 Å². The molecule has 6 rings (SSSR count). The van der Waals surface area contributed by atoms with Crippen LogP contribution in [0, 0.1) is 50.2 Å². The number of amides is 2. The zero-order chi connectivity index (χ0) is 32.8. The Balaban J connectivity index is 1.29. The number of esters is 1. The molecule has 6 aliphatic rings. The fourth-order valence-corrected chi connectivity index (χ4v) is 12.1. The maximum absolute atomic E-state index is 13.5. The number of hydrogen-bond donors (Lipinski definition) is 1. The van der Waals surface area contributed by atoms with Gasteiger partial charge in [0.1, 0.15) is 0 Å². The second kappa shape index (κ2) is 10.5. The summed E-state index contributed by atoms with van der Waals surface area (Å²) in [4.78, 5) is 54.7. The molecule has 9 heteroatoms. The number of thioether (sulfide) groups is 1. The SMILES string of the molecule is COC(=O)[C@]12CCC(C)(C)CC1C1=CCC3[C@@]4(C)CC/C(=N\OC(=O)/C=C5\SC(=O)NC5=O)C(C)(C)C4CC[C@@]3(C)[C@]1(C)CC2. The number of hydrogen-bond acceptors (Lipinski definition) is 8. The third-order valence-corrected chi connectivity index (χ3v) is 15.0. The summed E-state index contributed by atoms with van der Waals surface area (Å²) in [6.07, 6.45) is 13.4. The first-order valence-corrected chi connectivity index (χ1v) is 17.6. The normalized spacial score (nSPS) is 43.3. The van der Waals surface area contributed by atoms with Crippen molar-refractivity contribution in [3.63, 3.8) is 0 Å². The maximum atomic E-state index is 13.5. The van der Waals surface area contributed by atoms with Crippen molar-refractivity contribution < 1.29 is 28.8 Å². The van der Waals surface area contributed by atoms with Gasteiger partial charge in [-0.1, -0.05) is 65.3 Å². The fraction of sp³-hybridized carbons (Fsp3) is 0.750. The average molecular weight is 639 g/mol. The van der Waals surface area contributed by atoms with Gasteiger partial charge in [0.05, 0.1) is 23.1 Å². The molecule has 7 atom stereocenters. The highest BCUT2D eigenvalue weighted by molar-refractivity contribution is 8.18. The van der Waals surface area contributed by atoms with Crippen LogP contribution in [0.4, 0.5) is 4.79 Å². The summed E-state index contributed by atoms with van der Waals surface area (Å²) in [7, 11) is 1.56. The van der Waals surface area contributed by atoms with Gasteiger partial charge < -0.3 is 9.57 Å². The molecule has 1 saturated heterocycles. The minimum atomic E-state index is -0.751. The van der Waals surface area contributed by atoms with Crippen LogP contribution in [-0.2, 0) is 24.0 Å². The predicted molar refractivity (Wildman–Crippen MR) is 174 cm³/mol. The minimum Gasteiger partial charge on any atom is -0.469 e. The van der Waals surface area contributed by atoms with Gasteiger partial charge in [0.25, 0.3) is 11.1 Å². The Labute approximate surface area is 271 Å². The van der Waals surface area contributed by atoms with Crippen molar-refractivity contribution in [3.8, 4) is 0 Å². The summed E-state index contributed by atoms with van der Waals surface area (Å²) in [5.41, 5.74) is 2.13. The third-order valence-electron chi connectivity index (χ3n) is 14.1. The molecule has 5 aliphatic carbocycles. The molecular formula is C36H50N2O6S. The zero-order valence-corrected chi connectivity index (χ0v) is 29.1. The summed E-state index contributed by atoms with van der Waals surface area (Å²) in [6.45, 7) is 16.8. The first-order chi connectivity index (χ1) is 20.9. The number of methoxy groups -OCH3 is 1. The molecular weight excluding hydrogens is 588 g/mol. The van der Waals surface area contributed by atoms with Crippen molar-refractivity contribution in [2.24, 2.45) is 55.4 Å². The van der Waals surface area contributed by atoms with Crippen molar-refractivity contribution in [1.82, 2.24) is 5.32 Å². The van der Waals surface area contributed by atoms with Gasteiger partial charge in [-0.2, -0.15) is 0 Å². The van der Waals surface area contributed by atoms with E-state index in [1.54, 1.807) is 7.11 Å². The van der Waals surface area contributed by atoms with Gasteiger partial charge in [0, 0.05) is 11.5 Å². The number of imide groups is 1. The minimum absolute atomic E-state index is 0.00890. The first-order valence-electron chi connectivity index (χ1n) is 16.8. The van der Waals surface area contributed by atoms with E-state index in [1.165, 1.54) is 5.57 Å². The topological polar surface area (TPSA) is 111 Å². The molecule has 4 saturated carbocycles. The van der Waals surface area contributed by atoms with E-state index in [-0.39, 0.29) is 43.9 Å². The van der Waals surface area contributed by atoms with Crippen LogP contribution >= 0.6 is 11.8 Å². The van der Waals surface area contributed by atoms with Crippen LogP contribution < -0.4 is 5.32 Å². The Morgan fingerprint density at radius 2 is 1.69 bits per heavy atom. The van der Waals surface area contributed by atoms with Crippen molar-refractivity contribution in [2.45, 2.75) is 113 Å². The molecule has 0 radical (unpaired) electrons. The van der Waals surface area contributed by atoms with Crippen LogP contribution in [0.15, 0.2) is 27.8 Å². The van der Waals surface area contributed by atoms with Crippen molar-refractivity contribution in [2.75, 3.05) is 7.11 Å². The Hall–Kier alpha value is -2.42. The number of oxime groups is 1. The summed E-state index contributed by atoms with van der Waals surface area (Å²) in [5.74, 6) is -0.263. The Morgan fingerprint density at radius 1 is 0.978 bits per heavy atom. The van der Waals surface area contributed by atoms with E-state index in [0.717, 1.165) is 76.0 Å². The number of nitrogens with one attached hydrogen (secondary N) is 1. The van der Waals surface area contributed by atoms with E-state index in [4.69, 9.17) is 9.57 Å². The molecule has 0 aromatic carbocycles. The largest absolute Gasteiger partial charge is 0.469 e. The van der Waals surface area contributed by atoms with Gasteiger partial charge in [-0.15, -0.1) is 0 Å². The van der Waals surface area contributed by atoms with E-state index >= 15 is 0 Å². The standard InChI is InChI=1S/C36H50N2O6S/c1-31(2)15-17-36(29(41)43-8)18-16-34(6)21(22(36)20-31)9-10-25-33(5)13-12-26(32(3,4)24(33)11-14-35(25,34)7)38-44-27(39)19-23-28(40)37-30(42)45-23/h9,19,22,24-25H,10-18,20H2,1-8H3,(H,37,40,42)/b23-19-,38-26+/t22?,24?,25?,33-,34+,35+,36-/m0/s1. The lowest BCUT2D eigenvalue weighted by atomic mass is 9.33. The first kappa shape index (κ1) is 32.5. The molecule has 0 aromatic rings. The molecule has 5 fully saturated rings. The van der Waals surface area contributed by atoms with Gasteiger partial charge in [-0.25, -0.2) is 4.79 Å². The number of carbonyl (C=O) groups is 4. The molecule has 8 nitrogen and oxygen atoms in total.